The zero-order valence-corrected chi connectivity index (χ0v) is 16.0. The average Bonchev–Trinajstić information content (AvgIpc) is 2.58. The summed E-state index contributed by atoms with van der Waals surface area (Å²) in [5.41, 5.74) is 1.03. The Morgan fingerprint density at radius 2 is 1.92 bits per heavy atom. The second kappa shape index (κ2) is 7.33. The number of sulfonamides is 1. The monoisotopic (exact) mass is 364 g/mol. The summed E-state index contributed by atoms with van der Waals surface area (Å²) in [6, 6.07) is 7.31. The quantitative estimate of drug-likeness (QED) is 0.863. The first kappa shape index (κ1) is 18.2. The van der Waals surface area contributed by atoms with Crippen LogP contribution in [0.15, 0.2) is 34.2 Å². The molecule has 138 valence electrons. The van der Waals surface area contributed by atoms with Crippen LogP contribution in [0.4, 0.5) is 0 Å². The molecule has 2 N–H and O–H groups in total. The van der Waals surface area contributed by atoms with Gasteiger partial charge in [-0.2, -0.15) is 0 Å². The van der Waals surface area contributed by atoms with Gasteiger partial charge in [0, 0.05) is 6.04 Å². The van der Waals surface area contributed by atoms with Crippen molar-refractivity contribution in [3.8, 4) is 0 Å². The van der Waals surface area contributed by atoms with E-state index in [0.717, 1.165) is 11.5 Å². The lowest BCUT2D eigenvalue weighted by Gasteiger charge is -2.42. The molecule has 3 rings (SSSR count). The minimum absolute atomic E-state index is 0.250. The lowest BCUT2D eigenvalue weighted by atomic mass is 9.77. The molecule has 7 heteroatoms. The highest BCUT2D eigenvalue weighted by molar-refractivity contribution is 7.90. The number of hydrogen-bond acceptors (Lipinski definition) is 5. The molecular weight excluding hydrogens is 336 g/mol. The van der Waals surface area contributed by atoms with Crippen molar-refractivity contribution in [1.29, 1.82) is 0 Å². The number of nitrogens with zero attached hydrogens (tertiary/aromatic N) is 2. The summed E-state index contributed by atoms with van der Waals surface area (Å²) in [4.78, 5) is 6.97. The zero-order chi connectivity index (χ0) is 18.0. The Morgan fingerprint density at radius 3 is 2.56 bits per heavy atom. The number of hydrogen-bond donors (Lipinski definition) is 2. The Hall–Kier alpha value is -1.60. The zero-order valence-electron chi connectivity index (χ0n) is 15.2. The second-order valence-electron chi connectivity index (χ2n) is 7.32. The van der Waals surface area contributed by atoms with Crippen LogP contribution in [0.25, 0.3) is 0 Å². The lowest BCUT2D eigenvalue weighted by molar-refractivity contribution is 0.0768. The van der Waals surface area contributed by atoms with Gasteiger partial charge >= 0.3 is 0 Å². The fourth-order valence-electron chi connectivity index (χ4n) is 3.71. The van der Waals surface area contributed by atoms with Crippen LogP contribution >= 0.6 is 0 Å². The van der Waals surface area contributed by atoms with Crippen LogP contribution in [0.1, 0.15) is 38.7 Å². The fraction of sp³-hybridized carbons (Fsp3) is 0.611. The third kappa shape index (κ3) is 4.15. The predicted molar refractivity (Wildman–Crippen MR) is 99.6 cm³/mol. The molecule has 1 aromatic carbocycles. The Balaban J connectivity index is 1.64. The molecule has 0 saturated heterocycles. The van der Waals surface area contributed by atoms with Crippen LogP contribution in [0.2, 0.25) is 0 Å². The minimum Gasteiger partial charge on any atom is -0.343 e. The maximum Gasteiger partial charge on any atom is 0.264 e. The predicted octanol–water partition coefficient (Wildman–Crippen LogP) is 2.27. The van der Waals surface area contributed by atoms with E-state index in [2.05, 4.69) is 33.8 Å². The molecule has 1 fully saturated rings. The van der Waals surface area contributed by atoms with Crippen LogP contribution in [-0.4, -0.2) is 38.7 Å². The minimum atomic E-state index is -3.60. The largest absolute Gasteiger partial charge is 0.343 e. The standard InChI is InChI=1S/C18H28N4O2S/c1-13-7-9-16(10-8-13)25(23,24)21-18-19-11-22(12-20-18)17-6-4-5-14(2)15(17)3/h7-10,14-15,17H,4-6,11-12H2,1-3H3,(H2,19,20,21). The van der Waals surface area contributed by atoms with Gasteiger partial charge in [-0.1, -0.05) is 44.4 Å². The van der Waals surface area contributed by atoms with Gasteiger partial charge in [0.25, 0.3) is 10.0 Å². The number of guanidine groups is 1. The van der Waals surface area contributed by atoms with Crippen LogP contribution in [0.5, 0.6) is 0 Å². The van der Waals surface area contributed by atoms with Crippen molar-refractivity contribution < 1.29 is 8.42 Å². The van der Waals surface area contributed by atoms with Crippen LogP contribution in [-0.2, 0) is 10.0 Å². The Labute approximate surface area is 150 Å². The van der Waals surface area contributed by atoms with E-state index in [0.29, 0.717) is 31.3 Å². The molecule has 2 aliphatic rings. The molecule has 0 bridgehead atoms. The van der Waals surface area contributed by atoms with E-state index in [1.54, 1.807) is 24.3 Å². The van der Waals surface area contributed by atoms with Gasteiger partial charge in [0.15, 0.2) is 0 Å². The van der Waals surface area contributed by atoms with Crippen LogP contribution in [0, 0.1) is 18.8 Å². The van der Waals surface area contributed by atoms with Gasteiger partial charge in [-0.25, -0.2) is 18.1 Å². The van der Waals surface area contributed by atoms with Crippen molar-refractivity contribution in [2.75, 3.05) is 13.3 Å². The number of aliphatic imine (C=N–C) groups is 1. The molecule has 1 aromatic rings. The van der Waals surface area contributed by atoms with Gasteiger partial charge < -0.3 is 5.32 Å². The SMILES string of the molecule is Cc1ccc(S(=O)(=O)NC2=NCN(C3CCCC(C)C3C)CN2)cc1. The summed E-state index contributed by atoms with van der Waals surface area (Å²) in [5.74, 6) is 1.69. The fourth-order valence-corrected chi connectivity index (χ4v) is 4.71. The first-order valence-corrected chi connectivity index (χ1v) is 10.5. The molecule has 0 aromatic heterocycles. The van der Waals surface area contributed by atoms with Gasteiger partial charge in [-0.15, -0.1) is 0 Å². The first-order chi connectivity index (χ1) is 11.9. The topological polar surface area (TPSA) is 73.8 Å². The molecule has 1 aliphatic heterocycles. The molecule has 6 nitrogen and oxygen atoms in total. The highest BCUT2D eigenvalue weighted by Gasteiger charge is 2.32. The third-order valence-corrected chi connectivity index (χ3v) is 6.91. The van der Waals surface area contributed by atoms with E-state index in [1.807, 2.05) is 6.92 Å². The smallest absolute Gasteiger partial charge is 0.264 e. The molecule has 3 unspecified atom stereocenters. The van der Waals surface area contributed by atoms with Gasteiger partial charge in [0.1, 0.15) is 0 Å². The molecule has 0 radical (unpaired) electrons. The maximum atomic E-state index is 12.4. The molecule has 0 spiro atoms. The lowest BCUT2D eigenvalue weighted by Crippen LogP contribution is -2.55. The van der Waals surface area contributed by atoms with Gasteiger partial charge in [0.05, 0.1) is 18.2 Å². The van der Waals surface area contributed by atoms with E-state index in [-0.39, 0.29) is 4.90 Å². The summed E-state index contributed by atoms with van der Waals surface area (Å²) >= 11 is 0. The molecule has 25 heavy (non-hydrogen) atoms. The molecule has 0 amide bonds. The van der Waals surface area contributed by atoms with Crippen molar-refractivity contribution in [2.24, 2.45) is 16.8 Å². The van der Waals surface area contributed by atoms with Crippen LogP contribution < -0.4 is 10.0 Å². The average molecular weight is 365 g/mol. The normalized spacial score (nSPS) is 28.1. The van der Waals surface area contributed by atoms with Gasteiger partial charge in [-0.05, 0) is 37.3 Å². The van der Waals surface area contributed by atoms with Crippen molar-refractivity contribution in [2.45, 2.75) is 51.0 Å². The first-order valence-electron chi connectivity index (χ1n) is 8.98. The third-order valence-electron chi connectivity index (χ3n) is 5.56. The van der Waals surface area contributed by atoms with Gasteiger partial charge in [0.2, 0.25) is 5.96 Å². The molecule has 3 atom stereocenters. The van der Waals surface area contributed by atoms with Crippen molar-refractivity contribution in [3.05, 3.63) is 29.8 Å². The highest BCUT2D eigenvalue weighted by Crippen LogP contribution is 2.32. The summed E-state index contributed by atoms with van der Waals surface area (Å²) in [5, 5.41) is 3.12. The summed E-state index contributed by atoms with van der Waals surface area (Å²) in [7, 11) is -3.60. The van der Waals surface area contributed by atoms with Crippen LogP contribution in [0.3, 0.4) is 0 Å². The van der Waals surface area contributed by atoms with E-state index in [9.17, 15) is 8.42 Å². The number of aryl methyl sites for hydroxylation is 1. The Bertz CT molecular complexity index is 730. The number of benzene rings is 1. The molecule has 1 aliphatic carbocycles. The van der Waals surface area contributed by atoms with Gasteiger partial charge in [-0.3, -0.25) is 4.90 Å². The van der Waals surface area contributed by atoms with E-state index >= 15 is 0 Å². The van der Waals surface area contributed by atoms with Crippen molar-refractivity contribution >= 4 is 16.0 Å². The summed E-state index contributed by atoms with van der Waals surface area (Å²) in [6.07, 6.45) is 3.74. The highest BCUT2D eigenvalue weighted by atomic mass is 32.2. The maximum absolute atomic E-state index is 12.4. The molecular formula is C18H28N4O2S. The summed E-state index contributed by atoms with van der Waals surface area (Å²) < 4.78 is 27.4. The number of rotatable bonds is 3. The Morgan fingerprint density at radius 1 is 1.20 bits per heavy atom. The van der Waals surface area contributed by atoms with E-state index in [1.165, 1.54) is 19.3 Å². The summed E-state index contributed by atoms with van der Waals surface area (Å²) in [6.45, 7) is 7.71. The second-order valence-corrected chi connectivity index (χ2v) is 9.01. The van der Waals surface area contributed by atoms with Crippen molar-refractivity contribution in [1.82, 2.24) is 14.9 Å². The Kier molecular flexibility index (Phi) is 5.34. The number of nitrogens with one attached hydrogen (secondary N) is 2. The van der Waals surface area contributed by atoms with E-state index in [4.69, 9.17) is 0 Å². The van der Waals surface area contributed by atoms with Crippen molar-refractivity contribution in [3.63, 3.8) is 0 Å². The van der Waals surface area contributed by atoms with E-state index < -0.39 is 10.0 Å². The molecule has 1 saturated carbocycles. The molecule has 1 heterocycles.